The minimum absolute atomic E-state index is 0.373. The minimum Gasteiger partial charge on any atom is -0.273 e. The summed E-state index contributed by atoms with van der Waals surface area (Å²) in [5, 5.41) is 7.88. The molecule has 1 aromatic heterocycles. The van der Waals surface area contributed by atoms with E-state index in [1.807, 2.05) is 0 Å². The molecule has 0 aliphatic heterocycles. The number of rotatable bonds is 1. The zero-order chi connectivity index (χ0) is 9.14. The number of amides is 2. The van der Waals surface area contributed by atoms with Gasteiger partial charge in [0.1, 0.15) is 12.7 Å². The molecule has 12 heavy (non-hydrogen) atoms. The highest BCUT2D eigenvalue weighted by Crippen LogP contribution is 1.90. The average molecular weight is 168 g/mol. The van der Waals surface area contributed by atoms with Crippen LogP contribution in [0.4, 0.5) is 0 Å². The monoisotopic (exact) mass is 168 g/mol. The maximum atomic E-state index is 10.9. The van der Waals surface area contributed by atoms with Gasteiger partial charge in [0, 0.05) is 13.8 Å². The largest absolute Gasteiger partial charge is 0.273 e. The zero-order valence-electron chi connectivity index (χ0n) is 6.76. The Morgan fingerprint density at radius 3 is 1.92 bits per heavy atom. The van der Waals surface area contributed by atoms with Crippen molar-refractivity contribution in [2.75, 3.05) is 5.01 Å². The molecule has 2 amide bonds. The van der Waals surface area contributed by atoms with Crippen LogP contribution in [-0.4, -0.2) is 26.7 Å². The molecule has 0 N–H and O–H groups in total. The first-order valence-corrected chi connectivity index (χ1v) is 3.29. The molecule has 1 heterocycles. The number of carbonyl (C=O) groups excluding carboxylic acids is 2. The van der Waals surface area contributed by atoms with Crippen LogP contribution in [0.5, 0.6) is 0 Å². The first-order chi connectivity index (χ1) is 5.63. The minimum atomic E-state index is -0.373. The molecule has 0 aromatic carbocycles. The SMILES string of the molecule is CC(=O)N(C(C)=O)n1cnnc1. The van der Waals surface area contributed by atoms with Crippen LogP contribution in [0.2, 0.25) is 0 Å². The van der Waals surface area contributed by atoms with Gasteiger partial charge in [0.05, 0.1) is 0 Å². The van der Waals surface area contributed by atoms with Gasteiger partial charge < -0.3 is 0 Å². The maximum absolute atomic E-state index is 10.9. The van der Waals surface area contributed by atoms with E-state index in [9.17, 15) is 9.59 Å². The van der Waals surface area contributed by atoms with E-state index in [4.69, 9.17) is 0 Å². The quantitative estimate of drug-likeness (QED) is 0.556. The Kier molecular flexibility index (Phi) is 2.18. The normalized spacial score (nSPS) is 9.50. The highest BCUT2D eigenvalue weighted by Gasteiger charge is 2.14. The number of nitrogens with zero attached hydrogens (tertiary/aromatic N) is 4. The molecule has 0 radical (unpaired) electrons. The number of hydrogen-bond donors (Lipinski definition) is 0. The van der Waals surface area contributed by atoms with Gasteiger partial charge in [-0.1, -0.05) is 0 Å². The molecule has 64 valence electrons. The predicted molar refractivity (Wildman–Crippen MR) is 39.6 cm³/mol. The molecular formula is C6H8N4O2. The third kappa shape index (κ3) is 1.47. The van der Waals surface area contributed by atoms with Crippen LogP contribution in [0.1, 0.15) is 13.8 Å². The van der Waals surface area contributed by atoms with Crippen LogP contribution in [0.15, 0.2) is 12.7 Å². The molecule has 0 aliphatic rings. The molecule has 6 heteroatoms. The van der Waals surface area contributed by atoms with Crippen molar-refractivity contribution >= 4 is 11.8 Å². The molecule has 1 rings (SSSR count). The molecule has 0 aliphatic carbocycles. The lowest BCUT2D eigenvalue weighted by Gasteiger charge is -2.15. The Balaban J connectivity index is 2.96. The Bertz CT molecular complexity index is 279. The summed E-state index contributed by atoms with van der Waals surface area (Å²) in [6.07, 6.45) is 2.56. The lowest BCUT2D eigenvalue weighted by molar-refractivity contribution is -0.126. The van der Waals surface area contributed by atoms with Crippen molar-refractivity contribution in [3.05, 3.63) is 12.7 Å². The van der Waals surface area contributed by atoms with E-state index in [0.717, 1.165) is 5.01 Å². The standard InChI is InChI=1S/C6H8N4O2/c1-5(11)10(6(2)12)9-3-7-8-4-9/h3-4H,1-2H3. The van der Waals surface area contributed by atoms with Crippen molar-refractivity contribution in [2.45, 2.75) is 13.8 Å². The van der Waals surface area contributed by atoms with Crippen LogP contribution < -0.4 is 5.01 Å². The van der Waals surface area contributed by atoms with Gasteiger partial charge in [0.15, 0.2) is 0 Å². The fraction of sp³-hybridized carbons (Fsp3) is 0.333. The van der Waals surface area contributed by atoms with Crippen LogP contribution >= 0.6 is 0 Å². The van der Waals surface area contributed by atoms with Gasteiger partial charge >= 0.3 is 0 Å². The van der Waals surface area contributed by atoms with Gasteiger partial charge in [-0.2, -0.15) is 5.01 Å². The van der Waals surface area contributed by atoms with E-state index in [1.165, 1.54) is 31.2 Å². The highest BCUT2D eigenvalue weighted by molar-refractivity contribution is 6.06. The van der Waals surface area contributed by atoms with Gasteiger partial charge in [-0.25, -0.2) is 4.68 Å². The van der Waals surface area contributed by atoms with Crippen LogP contribution in [0.3, 0.4) is 0 Å². The first-order valence-electron chi connectivity index (χ1n) is 3.29. The van der Waals surface area contributed by atoms with E-state index in [2.05, 4.69) is 10.2 Å². The van der Waals surface area contributed by atoms with E-state index < -0.39 is 0 Å². The lowest BCUT2D eigenvalue weighted by Crippen LogP contribution is -2.41. The molecule has 0 atom stereocenters. The molecule has 1 aromatic rings. The molecule has 0 saturated carbocycles. The van der Waals surface area contributed by atoms with Crippen molar-refractivity contribution in [2.24, 2.45) is 0 Å². The summed E-state index contributed by atoms with van der Waals surface area (Å²) in [6.45, 7) is 2.59. The molecule has 0 unspecified atom stereocenters. The summed E-state index contributed by atoms with van der Waals surface area (Å²) in [5.41, 5.74) is 0. The highest BCUT2D eigenvalue weighted by atomic mass is 16.2. The zero-order valence-corrected chi connectivity index (χ0v) is 6.76. The number of carbonyl (C=O) groups is 2. The van der Waals surface area contributed by atoms with Gasteiger partial charge in [-0.3, -0.25) is 9.59 Å². The molecule has 0 saturated heterocycles. The van der Waals surface area contributed by atoms with Gasteiger partial charge in [0.25, 0.3) is 0 Å². The fourth-order valence-corrected chi connectivity index (χ4v) is 0.845. The van der Waals surface area contributed by atoms with E-state index in [1.54, 1.807) is 0 Å². The molecule has 0 fully saturated rings. The van der Waals surface area contributed by atoms with E-state index in [0.29, 0.717) is 0 Å². The van der Waals surface area contributed by atoms with Crippen LogP contribution in [0.25, 0.3) is 0 Å². The Morgan fingerprint density at radius 2 is 1.58 bits per heavy atom. The van der Waals surface area contributed by atoms with Gasteiger partial charge in [-0.05, 0) is 0 Å². The third-order valence-corrected chi connectivity index (χ3v) is 1.23. The van der Waals surface area contributed by atoms with Crippen molar-refractivity contribution in [3.8, 4) is 0 Å². The smallest absolute Gasteiger partial charge is 0.245 e. The Hall–Kier alpha value is -1.72. The second-order valence-electron chi connectivity index (χ2n) is 2.19. The summed E-state index contributed by atoms with van der Waals surface area (Å²) >= 11 is 0. The maximum Gasteiger partial charge on any atom is 0.245 e. The summed E-state index contributed by atoms with van der Waals surface area (Å²) in [4.78, 5) is 21.8. The predicted octanol–water partition coefficient (Wildman–Crippen LogP) is -0.691. The molecule has 0 bridgehead atoms. The van der Waals surface area contributed by atoms with Crippen molar-refractivity contribution in [3.63, 3.8) is 0 Å². The molecular weight excluding hydrogens is 160 g/mol. The summed E-state index contributed by atoms with van der Waals surface area (Å²) < 4.78 is 1.23. The second kappa shape index (κ2) is 3.12. The molecule has 6 nitrogen and oxygen atoms in total. The van der Waals surface area contributed by atoms with Crippen molar-refractivity contribution in [1.82, 2.24) is 14.9 Å². The summed E-state index contributed by atoms with van der Waals surface area (Å²) in [6, 6.07) is 0. The third-order valence-electron chi connectivity index (χ3n) is 1.23. The van der Waals surface area contributed by atoms with E-state index >= 15 is 0 Å². The van der Waals surface area contributed by atoms with Crippen LogP contribution in [0, 0.1) is 0 Å². The van der Waals surface area contributed by atoms with E-state index in [-0.39, 0.29) is 11.8 Å². The van der Waals surface area contributed by atoms with Gasteiger partial charge in [0.2, 0.25) is 11.8 Å². The number of aromatic nitrogens is 3. The average Bonchev–Trinajstić information content (AvgIpc) is 2.37. The topological polar surface area (TPSA) is 68.1 Å². The Labute approximate surface area is 68.8 Å². The number of imide groups is 1. The van der Waals surface area contributed by atoms with Crippen molar-refractivity contribution in [1.29, 1.82) is 0 Å². The lowest BCUT2D eigenvalue weighted by atomic mass is 10.6. The summed E-state index contributed by atoms with van der Waals surface area (Å²) in [5.74, 6) is -0.746. The summed E-state index contributed by atoms with van der Waals surface area (Å²) in [7, 11) is 0. The van der Waals surface area contributed by atoms with Crippen LogP contribution in [-0.2, 0) is 9.59 Å². The second-order valence-corrected chi connectivity index (χ2v) is 2.19. The fourth-order valence-electron chi connectivity index (χ4n) is 0.845. The van der Waals surface area contributed by atoms with Crippen molar-refractivity contribution < 1.29 is 9.59 Å². The first kappa shape index (κ1) is 8.38. The Morgan fingerprint density at radius 1 is 1.17 bits per heavy atom. The molecule has 0 spiro atoms. The number of hydrogen-bond acceptors (Lipinski definition) is 4. The van der Waals surface area contributed by atoms with Gasteiger partial charge in [-0.15, -0.1) is 10.2 Å².